The van der Waals surface area contributed by atoms with E-state index in [1.807, 2.05) is 0 Å². The first kappa shape index (κ1) is 21.5. The predicted molar refractivity (Wildman–Crippen MR) is 104 cm³/mol. The molecular weight excluding hydrogens is 389 g/mol. The maximum absolute atomic E-state index is 13.2. The molecule has 1 heterocycles. The van der Waals surface area contributed by atoms with Gasteiger partial charge in [0, 0.05) is 12.1 Å². The summed E-state index contributed by atoms with van der Waals surface area (Å²) in [4.78, 5) is 4.45. The number of benzene rings is 2. The van der Waals surface area contributed by atoms with Gasteiger partial charge in [0.2, 0.25) is 17.5 Å². The first-order valence-corrected chi connectivity index (χ1v) is 8.20. The van der Waals surface area contributed by atoms with Crippen LogP contribution in [0.4, 0.5) is 4.39 Å². The van der Waals surface area contributed by atoms with Crippen LogP contribution in [-0.4, -0.2) is 38.0 Å². The molecule has 0 saturated heterocycles. The number of nitrogens with zero attached hydrogens (tertiary/aromatic N) is 2. The summed E-state index contributed by atoms with van der Waals surface area (Å²) in [7, 11) is 4.59. The lowest BCUT2D eigenvalue weighted by atomic mass is 9.99. The van der Waals surface area contributed by atoms with Crippen molar-refractivity contribution in [2.75, 3.05) is 27.9 Å². The monoisotopic (exact) mass is 409 g/mol. The third-order valence-corrected chi connectivity index (χ3v) is 4.17. The number of rotatable bonds is 7. The fraction of sp³-hybridized carbons (Fsp3) is 0.263. The molecule has 2 aromatic carbocycles. The minimum Gasteiger partial charge on any atom is -0.493 e. The van der Waals surface area contributed by atoms with Crippen molar-refractivity contribution >= 4 is 12.4 Å². The van der Waals surface area contributed by atoms with Crippen LogP contribution in [0.3, 0.4) is 0 Å². The Balaban J connectivity index is 0.00000280. The lowest BCUT2D eigenvalue weighted by molar-refractivity contribution is 0.324. The van der Waals surface area contributed by atoms with Gasteiger partial charge in [-0.05, 0) is 29.8 Å². The van der Waals surface area contributed by atoms with E-state index in [1.54, 1.807) is 24.3 Å². The Kier molecular flexibility index (Phi) is 7.19. The van der Waals surface area contributed by atoms with E-state index in [4.69, 9.17) is 24.5 Å². The van der Waals surface area contributed by atoms with E-state index in [2.05, 4.69) is 10.1 Å². The molecule has 0 bridgehead atoms. The Bertz CT molecular complexity index is 893. The minimum absolute atomic E-state index is 0. The molecule has 0 aliphatic carbocycles. The molecule has 3 aromatic rings. The molecule has 0 spiro atoms. The molecule has 0 amide bonds. The number of nitrogens with two attached hydrogens (primary N) is 1. The van der Waals surface area contributed by atoms with E-state index in [1.165, 1.54) is 33.5 Å². The standard InChI is InChI=1S/C19H20FN3O4.ClH/c1-24-15-8-12(9-16(25-2)17(15)26-3)18-22-19(27-23-18)14(10-21)11-4-6-13(20)7-5-11;/h4-9,14H,10,21H2,1-3H3;1H. The normalized spacial score (nSPS) is 11.5. The molecule has 0 aliphatic rings. The molecule has 0 radical (unpaired) electrons. The van der Waals surface area contributed by atoms with Crippen LogP contribution in [0.25, 0.3) is 11.4 Å². The van der Waals surface area contributed by atoms with Crippen LogP contribution >= 0.6 is 12.4 Å². The fourth-order valence-corrected chi connectivity index (χ4v) is 2.78. The third-order valence-electron chi connectivity index (χ3n) is 4.17. The molecule has 2 N–H and O–H groups in total. The van der Waals surface area contributed by atoms with Crippen LogP contribution in [0.5, 0.6) is 17.2 Å². The highest BCUT2D eigenvalue weighted by atomic mass is 35.5. The third kappa shape index (κ3) is 4.18. The number of halogens is 2. The summed E-state index contributed by atoms with van der Waals surface area (Å²) in [6, 6.07) is 9.49. The van der Waals surface area contributed by atoms with Gasteiger partial charge in [-0.1, -0.05) is 17.3 Å². The Morgan fingerprint density at radius 1 is 1.04 bits per heavy atom. The first-order valence-electron chi connectivity index (χ1n) is 8.20. The van der Waals surface area contributed by atoms with E-state index in [0.29, 0.717) is 34.5 Å². The van der Waals surface area contributed by atoms with Gasteiger partial charge in [-0.25, -0.2) is 4.39 Å². The molecule has 1 aromatic heterocycles. The van der Waals surface area contributed by atoms with Gasteiger partial charge in [0.25, 0.3) is 0 Å². The van der Waals surface area contributed by atoms with Gasteiger partial charge >= 0.3 is 0 Å². The van der Waals surface area contributed by atoms with Crippen molar-refractivity contribution in [1.82, 2.24) is 10.1 Å². The van der Waals surface area contributed by atoms with Crippen molar-refractivity contribution < 1.29 is 23.1 Å². The highest BCUT2D eigenvalue weighted by molar-refractivity contribution is 5.85. The van der Waals surface area contributed by atoms with Crippen molar-refractivity contribution in [3.05, 3.63) is 53.7 Å². The molecule has 0 fully saturated rings. The fourth-order valence-electron chi connectivity index (χ4n) is 2.78. The summed E-state index contributed by atoms with van der Waals surface area (Å²) in [5, 5.41) is 4.04. The second-order valence-corrected chi connectivity index (χ2v) is 5.71. The van der Waals surface area contributed by atoms with E-state index >= 15 is 0 Å². The van der Waals surface area contributed by atoms with E-state index in [9.17, 15) is 4.39 Å². The van der Waals surface area contributed by atoms with Crippen molar-refractivity contribution in [3.8, 4) is 28.6 Å². The van der Waals surface area contributed by atoms with Crippen LogP contribution in [-0.2, 0) is 0 Å². The maximum Gasteiger partial charge on any atom is 0.235 e. The van der Waals surface area contributed by atoms with Crippen molar-refractivity contribution in [3.63, 3.8) is 0 Å². The Morgan fingerprint density at radius 2 is 1.64 bits per heavy atom. The lowest BCUT2D eigenvalue weighted by Gasteiger charge is -2.13. The van der Waals surface area contributed by atoms with Gasteiger partial charge in [-0.3, -0.25) is 0 Å². The van der Waals surface area contributed by atoms with Gasteiger partial charge in [0.15, 0.2) is 11.5 Å². The van der Waals surface area contributed by atoms with Crippen LogP contribution in [0.2, 0.25) is 0 Å². The Labute approximate surface area is 168 Å². The highest BCUT2D eigenvalue weighted by Gasteiger charge is 2.22. The summed E-state index contributed by atoms with van der Waals surface area (Å²) < 4.78 is 34.6. The molecule has 0 saturated carbocycles. The second-order valence-electron chi connectivity index (χ2n) is 5.71. The predicted octanol–water partition coefficient (Wildman–Crippen LogP) is 3.41. The number of aromatic nitrogens is 2. The van der Waals surface area contributed by atoms with Gasteiger partial charge in [0.1, 0.15) is 5.82 Å². The van der Waals surface area contributed by atoms with E-state index in [-0.39, 0.29) is 30.7 Å². The largest absolute Gasteiger partial charge is 0.493 e. The van der Waals surface area contributed by atoms with Crippen LogP contribution in [0.1, 0.15) is 17.4 Å². The quantitative estimate of drug-likeness (QED) is 0.639. The van der Waals surface area contributed by atoms with Gasteiger partial charge in [0.05, 0.1) is 27.2 Å². The lowest BCUT2D eigenvalue weighted by Crippen LogP contribution is -2.14. The Hall–Kier alpha value is -2.84. The smallest absolute Gasteiger partial charge is 0.235 e. The first-order chi connectivity index (χ1) is 13.1. The van der Waals surface area contributed by atoms with E-state index < -0.39 is 0 Å². The van der Waals surface area contributed by atoms with Crippen molar-refractivity contribution in [2.45, 2.75) is 5.92 Å². The zero-order valence-electron chi connectivity index (χ0n) is 15.6. The summed E-state index contributed by atoms with van der Waals surface area (Å²) in [6.45, 7) is 0.239. The zero-order valence-corrected chi connectivity index (χ0v) is 16.5. The Morgan fingerprint density at radius 3 is 2.14 bits per heavy atom. The molecule has 0 aliphatic heterocycles. The SMILES string of the molecule is COc1cc(-c2noc(C(CN)c3ccc(F)cc3)n2)cc(OC)c1OC.Cl. The summed E-state index contributed by atoms with van der Waals surface area (Å²) in [5.74, 6) is 1.46. The maximum atomic E-state index is 13.2. The molecule has 3 rings (SSSR count). The van der Waals surface area contributed by atoms with Crippen molar-refractivity contribution in [1.29, 1.82) is 0 Å². The second kappa shape index (κ2) is 9.38. The number of hydrogen-bond acceptors (Lipinski definition) is 7. The number of methoxy groups -OCH3 is 3. The summed E-state index contributed by atoms with van der Waals surface area (Å²) in [6.07, 6.45) is 0. The van der Waals surface area contributed by atoms with E-state index in [0.717, 1.165) is 5.56 Å². The molecule has 9 heteroatoms. The average Bonchev–Trinajstić information content (AvgIpc) is 3.18. The molecule has 150 valence electrons. The topological polar surface area (TPSA) is 92.6 Å². The zero-order chi connectivity index (χ0) is 19.4. The molecule has 1 unspecified atom stereocenters. The molecular formula is C19H21ClFN3O4. The number of ether oxygens (including phenoxy) is 3. The summed E-state index contributed by atoms with van der Waals surface area (Å²) >= 11 is 0. The summed E-state index contributed by atoms with van der Waals surface area (Å²) in [5.41, 5.74) is 7.30. The molecule has 28 heavy (non-hydrogen) atoms. The minimum atomic E-state index is -0.339. The van der Waals surface area contributed by atoms with Crippen LogP contribution in [0.15, 0.2) is 40.9 Å². The van der Waals surface area contributed by atoms with Gasteiger partial charge < -0.3 is 24.5 Å². The van der Waals surface area contributed by atoms with Crippen LogP contribution in [0, 0.1) is 5.82 Å². The average molecular weight is 410 g/mol. The van der Waals surface area contributed by atoms with Gasteiger partial charge in [-0.15, -0.1) is 12.4 Å². The highest BCUT2D eigenvalue weighted by Crippen LogP contribution is 2.40. The molecule has 7 nitrogen and oxygen atoms in total. The van der Waals surface area contributed by atoms with Crippen molar-refractivity contribution in [2.24, 2.45) is 5.73 Å². The van der Waals surface area contributed by atoms with Crippen LogP contribution < -0.4 is 19.9 Å². The molecule has 1 atom stereocenters. The number of hydrogen-bond donors (Lipinski definition) is 1. The van der Waals surface area contributed by atoms with Gasteiger partial charge in [-0.2, -0.15) is 4.98 Å².